The highest BCUT2D eigenvalue weighted by Gasteiger charge is 2.17. The molecule has 17 heavy (non-hydrogen) atoms. The minimum Gasteiger partial charge on any atom is -0.507 e. The van der Waals surface area contributed by atoms with E-state index in [0.29, 0.717) is 15.7 Å². The molecule has 0 saturated heterocycles. The first kappa shape index (κ1) is 14.5. The third kappa shape index (κ3) is 3.21. The van der Waals surface area contributed by atoms with Crippen molar-refractivity contribution in [2.24, 2.45) is 0 Å². The fourth-order valence-electron chi connectivity index (χ4n) is 1.80. The molecule has 2 nitrogen and oxygen atoms in total. The highest BCUT2D eigenvalue weighted by molar-refractivity contribution is 14.1. The molecular weight excluding hydrogens is 327 g/mol. The van der Waals surface area contributed by atoms with Crippen LogP contribution in [0, 0.1) is 0 Å². The quantitative estimate of drug-likeness (QED) is 0.503. The zero-order valence-corrected chi connectivity index (χ0v) is 12.9. The van der Waals surface area contributed by atoms with Crippen molar-refractivity contribution in [3.8, 4) is 5.75 Å². The van der Waals surface area contributed by atoms with E-state index in [1.54, 1.807) is 0 Å². The Bertz CT molecular complexity index is 393. The molecule has 1 rings (SSSR count). The SMILES string of the molecule is CC(C)c1cc(C(=O)CI)cc(C(C)C)c1O. The summed E-state index contributed by atoms with van der Waals surface area (Å²) in [5.41, 5.74) is 2.44. The highest BCUT2D eigenvalue weighted by atomic mass is 127. The van der Waals surface area contributed by atoms with E-state index in [4.69, 9.17) is 0 Å². The van der Waals surface area contributed by atoms with Gasteiger partial charge in [0.15, 0.2) is 5.78 Å². The Morgan fingerprint density at radius 2 is 1.59 bits per heavy atom. The zero-order valence-electron chi connectivity index (χ0n) is 10.7. The summed E-state index contributed by atoms with van der Waals surface area (Å²) in [6.07, 6.45) is 0. The van der Waals surface area contributed by atoms with E-state index in [0.717, 1.165) is 11.1 Å². The molecule has 0 aliphatic rings. The smallest absolute Gasteiger partial charge is 0.172 e. The molecule has 0 bridgehead atoms. The summed E-state index contributed by atoms with van der Waals surface area (Å²) in [5.74, 6) is 0.901. The molecule has 0 aliphatic heterocycles. The van der Waals surface area contributed by atoms with Gasteiger partial charge in [-0.2, -0.15) is 0 Å². The van der Waals surface area contributed by atoms with Crippen molar-refractivity contribution in [1.82, 2.24) is 0 Å². The Labute approximate surface area is 117 Å². The second-order valence-electron chi connectivity index (χ2n) is 4.87. The number of hydrogen-bond acceptors (Lipinski definition) is 2. The first-order valence-electron chi connectivity index (χ1n) is 5.84. The minimum atomic E-state index is 0.120. The number of phenolic OH excluding ortho intramolecular Hbond substituents is 1. The van der Waals surface area contributed by atoms with Crippen LogP contribution < -0.4 is 0 Å². The molecule has 1 aromatic rings. The summed E-state index contributed by atoms with van der Waals surface area (Å²) < 4.78 is 0.470. The lowest BCUT2D eigenvalue weighted by Crippen LogP contribution is -2.05. The Morgan fingerprint density at radius 1 is 1.18 bits per heavy atom. The second kappa shape index (κ2) is 5.85. The summed E-state index contributed by atoms with van der Waals surface area (Å²) in [4.78, 5) is 11.8. The van der Waals surface area contributed by atoms with Crippen LogP contribution in [0.25, 0.3) is 0 Å². The average molecular weight is 346 g/mol. The normalized spacial score (nSPS) is 11.2. The van der Waals surface area contributed by atoms with Crippen molar-refractivity contribution < 1.29 is 9.90 Å². The number of alkyl halides is 1. The molecule has 0 radical (unpaired) electrons. The molecule has 94 valence electrons. The largest absolute Gasteiger partial charge is 0.507 e. The van der Waals surface area contributed by atoms with Crippen LogP contribution in [0.3, 0.4) is 0 Å². The maximum absolute atomic E-state index is 11.8. The first-order chi connectivity index (χ1) is 7.88. The van der Waals surface area contributed by atoms with Gasteiger partial charge >= 0.3 is 0 Å². The Kier molecular flexibility index (Phi) is 4.98. The van der Waals surface area contributed by atoms with Gasteiger partial charge < -0.3 is 5.11 Å². The highest BCUT2D eigenvalue weighted by Crippen LogP contribution is 2.34. The van der Waals surface area contributed by atoms with E-state index < -0.39 is 0 Å². The van der Waals surface area contributed by atoms with Crippen LogP contribution in [0.5, 0.6) is 5.75 Å². The molecule has 1 aromatic carbocycles. The molecule has 3 heteroatoms. The molecule has 0 heterocycles. The zero-order chi connectivity index (χ0) is 13.2. The van der Waals surface area contributed by atoms with Crippen LogP contribution in [0.4, 0.5) is 0 Å². The van der Waals surface area contributed by atoms with Crippen LogP contribution in [0.1, 0.15) is 61.0 Å². The number of aromatic hydroxyl groups is 1. The van der Waals surface area contributed by atoms with Crippen LogP contribution in [-0.2, 0) is 0 Å². The van der Waals surface area contributed by atoms with Crippen molar-refractivity contribution in [2.75, 3.05) is 4.43 Å². The first-order valence-corrected chi connectivity index (χ1v) is 7.37. The van der Waals surface area contributed by atoms with Crippen molar-refractivity contribution in [3.05, 3.63) is 28.8 Å². The molecule has 0 fully saturated rings. The third-order valence-corrected chi connectivity index (χ3v) is 3.55. The molecule has 0 atom stereocenters. The number of hydrogen-bond donors (Lipinski definition) is 1. The van der Waals surface area contributed by atoms with Gasteiger partial charge in [-0.15, -0.1) is 0 Å². The van der Waals surface area contributed by atoms with E-state index in [1.165, 1.54) is 0 Å². The van der Waals surface area contributed by atoms with Crippen LogP contribution in [0.2, 0.25) is 0 Å². The Morgan fingerprint density at radius 3 is 1.88 bits per heavy atom. The van der Waals surface area contributed by atoms with E-state index in [2.05, 4.69) is 22.6 Å². The lowest BCUT2D eigenvalue weighted by atomic mass is 9.91. The van der Waals surface area contributed by atoms with Gasteiger partial charge in [0.2, 0.25) is 0 Å². The predicted molar refractivity (Wildman–Crippen MR) is 79.5 cm³/mol. The van der Waals surface area contributed by atoms with Gasteiger partial charge in [-0.05, 0) is 35.1 Å². The van der Waals surface area contributed by atoms with Crippen LogP contribution in [-0.4, -0.2) is 15.3 Å². The van der Waals surface area contributed by atoms with E-state index in [-0.39, 0.29) is 17.6 Å². The number of Topliss-reactive ketones (excluding diaryl/α,β-unsaturated/α-hetero) is 1. The number of ketones is 1. The van der Waals surface area contributed by atoms with Gasteiger partial charge in [-0.3, -0.25) is 4.79 Å². The lowest BCUT2D eigenvalue weighted by molar-refractivity contribution is 0.102. The number of benzene rings is 1. The molecule has 0 saturated carbocycles. The summed E-state index contributed by atoms with van der Waals surface area (Å²) in [5, 5.41) is 10.2. The van der Waals surface area contributed by atoms with Crippen molar-refractivity contribution in [3.63, 3.8) is 0 Å². The fourth-order valence-corrected chi connectivity index (χ4v) is 2.24. The van der Waals surface area contributed by atoms with E-state index in [1.807, 2.05) is 39.8 Å². The molecule has 0 aromatic heterocycles. The maximum atomic E-state index is 11.8. The second-order valence-corrected chi connectivity index (χ2v) is 5.63. The van der Waals surface area contributed by atoms with Gasteiger partial charge in [-0.25, -0.2) is 0 Å². The predicted octanol–water partition coefficient (Wildman–Crippen LogP) is 4.26. The molecular formula is C14H19IO2. The van der Waals surface area contributed by atoms with E-state index >= 15 is 0 Å². The molecule has 0 amide bonds. The van der Waals surface area contributed by atoms with Crippen LogP contribution in [0.15, 0.2) is 12.1 Å². The van der Waals surface area contributed by atoms with Gasteiger partial charge in [-0.1, -0.05) is 50.3 Å². The number of phenols is 1. The molecule has 1 N–H and O–H groups in total. The third-order valence-electron chi connectivity index (χ3n) is 2.86. The Hall–Kier alpha value is -0.580. The van der Waals surface area contributed by atoms with Gasteiger partial charge in [0, 0.05) is 5.56 Å². The van der Waals surface area contributed by atoms with Crippen molar-refractivity contribution >= 4 is 28.4 Å². The topological polar surface area (TPSA) is 37.3 Å². The van der Waals surface area contributed by atoms with Crippen LogP contribution >= 0.6 is 22.6 Å². The molecule has 0 unspecified atom stereocenters. The Balaban J connectivity index is 3.42. The number of halogens is 1. The summed E-state index contributed by atoms with van der Waals surface area (Å²) in [7, 11) is 0. The fraction of sp³-hybridized carbons (Fsp3) is 0.500. The van der Waals surface area contributed by atoms with E-state index in [9.17, 15) is 9.90 Å². The number of rotatable bonds is 4. The minimum absolute atomic E-state index is 0.120. The van der Waals surface area contributed by atoms with Gasteiger partial charge in [0.25, 0.3) is 0 Å². The van der Waals surface area contributed by atoms with Gasteiger partial charge in [0.05, 0.1) is 4.43 Å². The summed E-state index contributed by atoms with van der Waals surface area (Å²) in [6, 6.07) is 3.65. The maximum Gasteiger partial charge on any atom is 0.172 e. The monoisotopic (exact) mass is 346 g/mol. The summed E-state index contributed by atoms with van der Waals surface area (Å²) in [6.45, 7) is 8.10. The molecule has 0 spiro atoms. The van der Waals surface area contributed by atoms with Crippen molar-refractivity contribution in [1.29, 1.82) is 0 Å². The van der Waals surface area contributed by atoms with Gasteiger partial charge in [0.1, 0.15) is 5.75 Å². The number of carbonyl (C=O) groups excluding carboxylic acids is 1. The summed E-state index contributed by atoms with van der Waals surface area (Å²) >= 11 is 2.07. The number of carbonyl (C=O) groups is 1. The standard InChI is InChI=1S/C14H19IO2/c1-8(2)11-5-10(13(16)7-15)6-12(9(3)4)14(11)17/h5-6,8-9,17H,7H2,1-4H3. The average Bonchev–Trinajstić information content (AvgIpc) is 2.27. The molecule has 0 aliphatic carbocycles. The lowest BCUT2D eigenvalue weighted by Gasteiger charge is -2.16. The van der Waals surface area contributed by atoms with Crippen molar-refractivity contribution in [2.45, 2.75) is 39.5 Å².